The van der Waals surface area contributed by atoms with Crippen LogP contribution in [0, 0.1) is 0 Å². The van der Waals surface area contributed by atoms with E-state index < -0.39 is 5.60 Å². The highest BCUT2D eigenvalue weighted by Crippen LogP contribution is 2.22. The first kappa shape index (κ1) is 16.8. The summed E-state index contributed by atoms with van der Waals surface area (Å²) in [5, 5.41) is 0. The summed E-state index contributed by atoms with van der Waals surface area (Å²) in [4.78, 5) is 16.7. The molecule has 1 aliphatic heterocycles. The zero-order valence-electron chi connectivity index (χ0n) is 14.4. The van der Waals surface area contributed by atoms with Gasteiger partial charge in [0.1, 0.15) is 5.60 Å². The number of benzene rings is 1. The monoisotopic (exact) mass is 304 g/mol. The maximum atomic E-state index is 12.5. The van der Waals surface area contributed by atoms with E-state index in [4.69, 9.17) is 4.74 Å². The number of ether oxygens (including phenoxy) is 1. The van der Waals surface area contributed by atoms with Crippen molar-refractivity contribution in [3.05, 3.63) is 35.9 Å². The second-order valence-electron chi connectivity index (χ2n) is 7.30. The molecule has 0 aliphatic carbocycles. The lowest BCUT2D eigenvalue weighted by molar-refractivity contribution is 0.0200. The molecule has 1 saturated heterocycles. The molecule has 0 saturated carbocycles. The summed E-state index contributed by atoms with van der Waals surface area (Å²) in [7, 11) is 0. The molecule has 0 aromatic heterocycles. The lowest BCUT2D eigenvalue weighted by Crippen LogP contribution is -2.41. The van der Waals surface area contributed by atoms with Crippen molar-refractivity contribution >= 4 is 6.09 Å². The molecule has 1 heterocycles. The molecule has 22 heavy (non-hydrogen) atoms. The van der Waals surface area contributed by atoms with Crippen molar-refractivity contribution in [1.29, 1.82) is 0 Å². The Morgan fingerprint density at radius 3 is 2.45 bits per heavy atom. The first-order valence-corrected chi connectivity index (χ1v) is 8.04. The molecule has 4 nitrogen and oxygen atoms in total. The second kappa shape index (κ2) is 6.69. The van der Waals surface area contributed by atoms with Crippen LogP contribution in [-0.4, -0.2) is 46.8 Å². The second-order valence-corrected chi connectivity index (χ2v) is 7.30. The predicted molar refractivity (Wildman–Crippen MR) is 88.7 cm³/mol. The Kier molecular flexibility index (Phi) is 5.12. The van der Waals surface area contributed by atoms with Crippen molar-refractivity contribution in [3.8, 4) is 0 Å². The highest BCUT2D eigenvalue weighted by Gasteiger charge is 2.37. The van der Waals surface area contributed by atoms with Gasteiger partial charge in [0.2, 0.25) is 0 Å². The van der Waals surface area contributed by atoms with Crippen LogP contribution in [-0.2, 0) is 11.2 Å². The average Bonchev–Trinajstić information content (AvgIpc) is 2.82. The van der Waals surface area contributed by atoms with E-state index in [9.17, 15) is 4.79 Å². The fraction of sp³-hybridized carbons (Fsp3) is 0.611. The van der Waals surface area contributed by atoms with Crippen molar-refractivity contribution in [1.82, 2.24) is 9.80 Å². The summed E-state index contributed by atoms with van der Waals surface area (Å²) < 4.78 is 5.58. The molecule has 0 spiro atoms. The van der Waals surface area contributed by atoms with Gasteiger partial charge in [-0.3, -0.25) is 9.80 Å². The van der Waals surface area contributed by atoms with Crippen molar-refractivity contribution in [3.63, 3.8) is 0 Å². The van der Waals surface area contributed by atoms with Crippen LogP contribution in [0.5, 0.6) is 0 Å². The van der Waals surface area contributed by atoms with E-state index in [-0.39, 0.29) is 12.1 Å². The zero-order valence-corrected chi connectivity index (χ0v) is 14.4. The van der Waals surface area contributed by atoms with Crippen LogP contribution in [0.4, 0.5) is 4.79 Å². The minimum Gasteiger partial charge on any atom is -0.444 e. The molecule has 1 unspecified atom stereocenters. The van der Waals surface area contributed by atoms with Crippen molar-refractivity contribution in [2.75, 3.05) is 13.2 Å². The number of carbonyl (C=O) groups is 1. The summed E-state index contributed by atoms with van der Waals surface area (Å²) in [6.45, 7) is 11.6. The Bertz CT molecular complexity index is 494. The number of carbonyl (C=O) groups excluding carboxylic acids is 1. The van der Waals surface area contributed by atoms with Crippen LogP contribution in [0.25, 0.3) is 0 Å². The van der Waals surface area contributed by atoms with Crippen molar-refractivity contribution in [2.24, 2.45) is 0 Å². The lowest BCUT2D eigenvalue weighted by Gasteiger charge is -2.28. The van der Waals surface area contributed by atoms with Crippen LogP contribution in [0.3, 0.4) is 0 Å². The Hall–Kier alpha value is -1.55. The van der Waals surface area contributed by atoms with Crippen LogP contribution in [0.15, 0.2) is 30.3 Å². The molecule has 0 N–H and O–H groups in total. The van der Waals surface area contributed by atoms with E-state index in [2.05, 4.69) is 30.9 Å². The topological polar surface area (TPSA) is 32.8 Å². The van der Waals surface area contributed by atoms with Gasteiger partial charge in [0.05, 0.1) is 12.7 Å². The fourth-order valence-corrected chi connectivity index (χ4v) is 2.70. The summed E-state index contributed by atoms with van der Waals surface area (Å²) in [5.74, 6) is 0. The van der Waals surface area contributed by atoms with Gasteiger partial charge in [-0.2, -0.15) is 0 Å². The number of hydrogen-bond donors (Lipinski definition) is 0. The number of amides is 1. The SMILES string of the molecule is CC(C)N1CC(Cc2ccccc2)N(C(=O)OC(C)(C)C)C1. The van der Waals surface area contributed by atoms with Crippen LogP contribution >= 0.6 is 0 Å². The zero-order chi connectivity index (χ0) is 16.3. The molecule has 1 fully saturated rings. The van der Waals surface area contributed by atoms with Gasteiger partial charge in [0, 0.05) is 12.6 Å². The number of hydrogen-bond acceptors (Lipinski definition) is 3. The number of nitrogens with zero attached hydrogens (tertiary/aromatic N) is 2. The number of rotatable bonds is 3. The third-order valence-electron chi connectivity index (χ3n) is 3.89. The molecular weight excluding hydrogens is 276 g/mol. The van der Waals surface area contributed by atoms with Crippen LogP contribution < -0.4 is 0 Å². The van der Waals surface area contributed by atoms with Crippen LogP contribution in [0.2, 0.25) is 0 Å². The Balaban J connectivity index is 2.11. The molecule has 1 amide bonds. The summed E-state index contributed by atoms with van der Waals surface area (Å²) in [5.41, 5.74) is 0.797. The van der Waals surface area contributed by atoms with Gasteiger partial charge >= 0.3 is 6.09 Å². The van der Waals surface area contributed by atoms with Gasteiger partial charge in [-0.15, -0.1) is 0 Å². The van der Waals surface area contributed by atoms with E-state index in [0.717, 1.165) is 13.0 Å². The van der Waals surface area contributed by atoms with Gasteiger partial charge in [-0.1, -0.05) is 30.3 Å². The molecule has 122 valence electrons. The van der Waals surface area contributed by atoms with E-state index >= 15 is 0 Å². The molecule has 1 aromatic carbocycles. The lowest BCUT2D eigenvalue weighted by atomic mass is 10.1. The standard InChI is InChI=1S/C18H28N2O2/c1-14(2)19-12-16(11-15-9-7-6-8-10-15)20(13-19)17(21)22-18(3,4)5/h6-10,14,16H,11-13H2,1-5H3. The Morgan fingerprint density at radius 1 is 1.27 bits per heavy atom. The quantitative estimate of drug-likeness (QED) is 0.856. The molecule has 0 radical (unpaired) electrons. The van der Waals surface area contributed by atoms with Gasteiger partial charge in [0.25, 0.3) is 0 Å². The van der Waals surface area contributed by atoms with E-state index in [0.29, 0.717) is 12.7 Å². The molecule has 4 heteroatoms. The summed E-state index contributed by atoms with van der Waals surface area (Å²) >= 11 is 0. The van der Waals surface area contributed by atoms with Crippen LogP contribution in [0.1, 0.15) is 40.2 Å². The average molecular weight is 304 g/mol. The first-order valence-electron chi connectivity index (χ1n) is 8.04. The summed E-state index contributed by atoms with van der Waals surface area (Å²) in [6.07, 6.45) is 0.653. The molecule has 1 aromatic rings. The highest BCUT2D eigenvalue weighted by molar-refractivity contribution is 5.69. The molecular formula is C18H28N2O2. The first-order chi connectivity index (χ1) is 10.3. The van der Waals surface area contributed by atoms with E-state index in [1.165, 1.54) is 5.56 Å². The maximum Gasteiger partial charge on any atom is 0.411 e. The maximum absolute atomic E-state index is 12.5. The Labute approximate surface area is 134 Å². The summed E-state index contributed by atoms with van der Waals surface area (Å²) in [6, 6.07) is 10.9. The van der Waals surface area contributed by atoms with Gasteiger partial charge in [-0.05, 0) is 46.6 Å². The molecule has 2 rings (SSSR count). The highest BCUT2D eigenvalue weighted by atomic mass is 16.6. The predicted octanol–water partition coefficient (Wildman–Crippen LogP) is 3.52. The molecule has 0 bridgehead atoms. The molecule has 1 atom stereocenters. The minimum absolute atomic E-state index is 0.166. The minimum atomic E-state index is -0.459. The Morgan fingerprint density at radius 2 is 1.91 bits per heavy atom. The van der Waals surface area contributed by atoms with E-state index in [1.807, 2.05) is 43.9 Å². The van der Waals surface area contributed by atoms with Crippen molar-refractivity contribution in [2.45, 2.75) is 58.7 Å². The van der Waals surface area contributed by atoms with E-state index in [1.54, 1.807) is 0 Å². The third-order valence-corrected chi connectivity index (χ3v) is 3.89. The fourth-order valence-electron chi connectivity index (χ4n) is 2.70. The van der Waals surface area contributed by atoms with Gasteiger partial charge in [-0.25, -0.2) is 4.79 Å². The molecule has 1 aliphatic rings. The smallest absolute Gasteiger partial charge is 0.411 e. The van der Waals surface area contributed by atoms with Crippen molar-refractivity contribution < 1.29 is 9.53 Å². The normalized spacial score (nSPS) is 19.7. The van der Waals surface area contributed by atoms with Gasteiger partial charge in [0.15, 0.2) is 0 Å². The third kappa shape index (κ3) is 4.47. The van der Waals surface area contributed by atoms with Gasteiger partial charge < -0.3 is 4.74 Å². The largest absolute Gasteiger partial charge is 0.444 e.